The first-order valence-electron chi connectivity index (χ1n) is 5.12. The highest BCUT2D eigenvalue weighted by Gasteiger charge is 2.29. The second-order valence-corrected chi connectivity index (χ2v) is 5.13. The van der Waals surface area contributed by atoms with Gasteiger partial charge in [0, 0.05) is 12.5 Å². The molecule has 0 radical (unpaired) electrons. The van der Waals surface area contributed by atoms with Crippen molar-refractivity contribution in [2.75, 3.05) is 11.9 Å². The Hall–Kier alpha value is -1.06. The summed E-state index contributed by atoms with van der Waals surface area (Å²) in [5.41, 5.74) is 0.230. The van der Waals surface area contributed by atoms with Crippen molar-refractivity contribution in [3.05, 3.63) is 5.89 Å². The van der Waals surface area contributed by atoms with Gasteiger partial charge in [0.1, 0.15) is 0 Å². The molecule has 0 aromatic carbocycles. The zero-order valence-electron chi connectivity index (χ0n) is 9.00. The Morgan fingerprint density at radius 1 is 1.36 bits per heavy atom. The topological polar surface area (TPSA) is 51.0 Å². The molecule has 0 aliphatic heterocycles. The van der Waals surface area contributed by atoms with Crippen LogP contribution in [0.5, 0.6) is 0 Å². The van der Waals surface area contributed by atoms with Crippen LogP contribution in [0.3, 0.4) is 0 Å². The first-order chi connectivity index (χ1) is 6.54. The molecule has 1 aliphatic carbocycles. The monoisotopic (exact) mass is 195 g/mol. The molecule has 1 aromatic heterocycles. The van der Waals surface area contributed by atoms with Crippen LogP contribution < -0.4 is 5.32 Å². The molecule has 4 nitrogen and oxygen atoms in total. The van der Waals surface area contributed by atoms with E-state index in [0.717, 1.165) is 12.4 Å². The Labute approximate surface area is 84.1 Å². The zero-order chi connectivity index (χ0) is 10.2. The molecule has 0 unspecified atom stereocenters. The van der Waals surface area contributed by atoms with E-state index in [1.54, 1.807) is 0 Å². The first kappa shape index (κ1) is 9.49. The van der Waals surface area contributed by atoms with Crippen molar-refractivity contribution in [3.63, 3.8) is 0 Å². The standard InChI is InChI=1S/C10H17N3O/c1-10(2,3)6-11-9-13-12-8(14-9)7-4-5-7/h7H,4-6H2,1-3H3,(H,11,13). The lowest BCUT2D eigenvalue weighted by atomic mass is 9.97. The van der Waals surface area contributed by atoms with E-state index < -0.39 is 0 Å². The lowest BCUT2D eigenvalue weighted by Gasteiger charge is -2.17. The van der Waals surface area contributed by atoms with Crippen LogP contribution in [0.15, 0.2) is 4.42 Å². The third-order valence-corrected chi connectivity index (χ3v) is 2.14. The number of hydrogen-bond acceptors (Lipinski definition) is 4. The summed E-state index contributed by atoms with van der Waals surface area (Å²) in [6.45, 7) is 7.34. The Morgan fingerprint density at radius 2 is 2.07 bits per heavy atom. The van der Waals surface area contributed by atoms with E-state index in [1.807, 2.05) is 0 Å². The molecule has 0 amide bonds. The maximum absolute atomic E-state index is 5.47. The molecule has 1 aromatic rings. The van der Waals surface area contributed by atoms with Gasteiger partial charge in [-0.3, -0.25) is 0 Å². The Morgan fingerprint density at radius 3 is 2.64 bits per heavy atom. The van der Waals surface area contributed by atoms with Crippen LogP contribution in [-0.2, 0) is 0 Å². The zero-order valence-corrected chi connectivity index (χ0v) is 9.00. The maximum atomic E-state index is 5.47. The summed E-state index contributed by atoms with van der Waals surface area (Å²) >= 11 is 0. The van der Waals surface area contributed by atoms with Gasteiger partial charge in [-0.05, 0) is 18.3 Å². The van der Waals surface area contributed by atoms with Crippen LogP contribution in [0.25, 0.3) is 0 Å². The number of anilines is 1. The Balaban J connectivity index is 1.90. The average molecular weight is 195 g/mol. The van der Waals surface area contributed by atoms with Gasteiger partial charge in [0.2, 0.25) is 5.89 Å². The molecular formula is C10H17N3O. The van der Waals surface area contributed by atoms with Crippen LogP contribution >= 0.6 is 0 Å². The summed E-state index contributed by atoms with van der Waals surface area (Å²) in [6.07, 6.45) is 2.39. The Kier molecular flexibility index (Phi) is 2.21. The molecule has 1 heterocycles. The highest BCUT2D eigenvalue weighted by Crippen LogP contribution is 2.39. The predicted molar refractivity (Wildman–Crippen MR) is 54.2 cm³/mol. The average Bonchev–Trinajstić information content (AvgIpc) is 2.81. The van der Waals surface area contributed by atoms with Gasteiger partial charge in [0.25, 0.3) is 0 Å². The van der Waals surface area contributed by atoms with Gasteiger partial charge in [-0.1, -0.05) is 25.9 Å². The molecule has 1 fully saturated rings. The summed E-state index contributed by atoms with van der Waals surface area (Å²) in [6, 6.07) is 0.557. The summed E-state index contributed by atoms with van der Waals surface area (Å²) in [7, 11) is 0. The number of aromatic nitrogens is 2. The van der Waals surface area contributed by atoms with E-state index >= 15 is 0 Å². The van der Waals surface area contributed by atoms with Crippen LogP contribution in [0.4, 0.5) is 6.01 Å². The minimum atomic E-state index is 0.230. The van der Waals surface area contributed by atoms with E-state index in [2.05, 4.69) is 36.3 Å². The van der Waals surface area contributed by atoms with Crippen LogP contribution in [0, 0.1) is 5.41 Å². The van der Waals surface area contributed by atoms with Gasteiger partial charge in [0.15, 0.2) is 0 Å². The maximum Gasteiger partial charge on any atom is 0.315 e. The van der Waals surface area contributed by atoms with Crippen LogP contribution in [0.2, 0.25) is 0 Å². The van der Waals surface area contributed by atoms with E-state index in [-0.39, 0.29) is 5.41 Å². The molecule has 1 aliphatic rings. The second kappa shape index (κ2) is 3.26. The van der Waals surface area contributed by atoms with Crippen molar-refractivity contribution in [3.8, 4) is 0 Å². The number of rotatable bonds is 3. The lowest BCUT2D eigenvalue weighted by molar-refractivity contribution is 0.430. The van der Waals surface area contributed by atoms with E-state index in [9.17, 15) is 0 Å². The van der Waals surface area contributed by atoms with Gasteiger partial charge in [-0.25, -0.2) is 0 Å². The molecule has 0 bridgehead atoms. The van der Waals surface area contributed by atoms with Crippen molar-refractivity contribution >= 4 is 6.01 Å². The number of hydrogen-bond donors (Lipinski definition) is 1. The van der Waals surface area contributed by atoms with Crippen LogP contribution in [-0.4, -0.2) is 16.7 Å². The smallest absolute Gasteiger partial charge is 0.315 e. The summed E-state index contributed by atoms with van der Waals surface area (Å²) < 4.78 is 5.47. The van der Waals surface area contributed by atoms with Crippen molar-refractivity contribution in [2.24, 2.45) is 5.41 Å². The largest absolute Gasteiger partial charge is 0.408 e. The van der Waals surface area contributed by atoms with Crippen molar-refractivity contribution < 1.29 is 4.42 Å². The normalized spacial score (nSPS) is 17.1. The Bertz CT molecular complexity index is 309. The molecule has 1 N–H and O–H groups in total. The predicted octanol–water partition coefficient (Wildman–Crippen LogP) is 2.41. The molecule has 2 rings (SSSR count). The molecule has 0 spiro atoms. The van der Waals surface area contributed by atoms with Gasteiger partial charge in [-0.2, -0.15) is 0 Å². The first-order valence-corrected chi connectivity index (χ1v) is 5.12. The second-order valence-electron chi connectivity index (χ2n) is 5.13. The fourth-order valence-electron chi connectivity index (χ4n) is 1.14. The van der Waals surface area contributed by atoms with Crippen LogP contribution in [0.1, 0.15) is 45.4 Å². The molecule has 78 valence electrons. The minimum absolute atomic E-state index is 0.230. The van der Waals surface area contributed by atoms with Gasteiger partial charge >= 0.3 is 6.01 Å². The summed E-state index contributed by atoms with van der Waals surface area (Å²) in [4.78, 5) is 0. The molecule has 1 saturated carbocycles. The molecule has 0 atom stereocenters. The number of nitrogens with zero attached hydrogens (tertiary/aromatic N) is 2. The van der Waals surface area contributed by atoms with Gasteiger partial charge in [-0.15, -0.1) is 5.10 Å². The molecular weight excluding hydrogens is 178 g/mol. The van der Waals surface area contributed by atoms with Crippen molar-refractivity contribution in [1.82, 2.24) is 10.2 Å². The molecule has 4 heteroatoms. The van der Waals surface area contributed by atoms with E-state index in [1.165, 1.54) is 12.8 Å². The fourth-order valence-corrected chi connectivity index (χ4v) is 1.14. The summed E-state index contributed by atoms with van der Waals surface area (Å²) in [5.74, 6) is 1.33. The van der Waals surface area contributed by atoms with Crippen molar-refractivity contribution in [1.29, 1.82) is 0 Å². The fraction of sp³-hybridized carbons (Fsp3) is 0.800. The van der Waals surface area contributed by atoms with Gasteiger partial charge in [0.05, 0.1) is 0 Å². The third-order valence-electron chi connectivity index (χ3n) is 2.14. The SMILES string of the molecule is CC(C)(C)CNc1nnc(C2CC2)o1. The highest BCUT2D eigenvalue weighted by atomic mass is 16.4. The lowest BCUT2D eigenvalue weighted by Crippen LogP contribution is -2.19. The third kappa shape index (κ3) is 2.47. The molecule has 0 saturated heterocycles. The van der Waals surface area contributed by atoms with E-state index in [0.29, 0.717) is 11.9 Å². The number of nitrogens with one attached hydrogen (secondary N) is 1. The minimum Gasteiger partial charge on any atom is -0.408 e. The van der Waals surface area contributed by atoms with E-state index in [4.69, 9.17) is 4.42 Å². The quantitative estimate of drug-likeness (QED) is 0.804. The molecule has 14 heavy (non-hydrogen) atoms. The van der Waals surface area contributed by atoms with Gasteiger partial charge < -0.3 is 9.73 Å². The summed E-state index contributed by atoms with van der Waals surface area (Å²) in [5, 5.41) is 11.1. The highest BCUT2D eigenvalue weighted by molar-refractivity contribution is 5.19. The van der Waals surface area contributed by atoms with Crippen molar-refractivity contribution in [2.45, 2.75) is 39.5 Å².